The topological polar surface area (TPSA) is 115 Å². The summed E-state index contributed by atoms with van der Waals surface area (Å²) in [6.45, 7) is 1.56. The number of fused-ring (bicyclic) bond motifs is 2. The standard InChI is InChI=1S/C27H28BrN7O3/c1-38-27(37)22-15-34(10-9-30-22)26(36)18-5-4-16(11-18)12-23-31-14-20-24(28)33-35(25(20)32-23)19-6-7-21-17(13-19)3-2-8-29-21/h2-3,6-8,13-14,16,18,22,30H,4-5,9-12,15H2,1H3/t16-,18-,22?/m1/s1. The number of halogens is 1. The molecular weight excluding hydrogens is 550 g/mol. The second-order valence-electron chi connectivity index (χ2n) is 10.0. The first-order chi connectivity index (χ1) is 18.5. The molecule has 1 aromatic carbocycles. The lowest BCUT2D eigenvalue weighted by molar-refractivity contribution is -0.146. The number of esters is 1. The predicted molar refractivity (Wildman–Crippen MR) is 145 cm³/mol. The lowest BCUT2D eigenvalue weighted by atomic mass is 10.00. The summed E-state index contributed by atoms with van der Waals surface area (Å²) in [7, 11) is 1.37. The number of piperazine rings is 1. The maximum Gasteiger partial charge on any atom is 0.324 e. The Balaban J connectivity index is 1.17. The van der Waals surface area contributed by atoms with Crippen LogP contribution in [0, 0.1) is 11.8 Å². The van der Waals surface area contributed by atoms with Crippen molar-refractivity contribution in [1.29, 1.82) is 0 Å². The fraction of sp³-hybridized carbons (Fsp3) is 0.407. The number of nitrogens with one attached hydrogen (secondary N) is 1. The van der Waals surface area contributed by atoms with Gasteiger partial charge in [0, 0.05) is 49.8 Å². The van der Waals surface area contributed by atoms with E-state index in [1.165, 1.54) is 7.11 Å². The molecule has 1 amide bonds. The normalized spacial score (nSPS) is 21.7. The van der Waals surface area contributed by atoms with Gasteiger partial charge in [0.1, 0.15) is 16.5 Å². The predicted octanol–water partition coefficient (Wildman–Crippen LogP) is 3.06. The molecule has 4 aromatic rings. The van der Waals surface area contributed by atoms with Crippen molar-refractivity contribution < 1.29 is 14.3 Å². The van der Waals surface area contributed by atoms with Gasteiger partial charge in [-0.05, 0) is 65.4 Å². The number of ether oxygens (including phenoxy) is 1. The Bertz CT molecular complexity index is 1520. The average Bonchev–Trinajstić information content (AvgIpc) is 3.56. The van der Waals surface area contributed by atoms with E-state index in [4.69, 9.17) is 9.72 Å². The molecule has 3 atom stereocenters. The van der Waals surface area contributed by atoms with Crippen LogP contribution in [-0.4, -0.2) is 74.3 Å². The first kappa shape index (κ1) is 24.9. The number of pyridine rings is 1. The van der Waals surface area contributed by atoms with Gasteiger partial charge in [0.2, 0.25) is 5.91 Å². The van der Waals surface area contributed by atoms with E-state index in [2.05, 4.69) is 42.4 Å². The average molecular weight is 578 g/mol. The molecule has 1 aliphatic heterocycles. The van der Waals surface area contributed by atoms with Gasteiger partial charge in [-0.1, -0.05) is 6.07 Å². The van der Waals surface area contributed by atoms with Crippen LogP contribution in [0.4, 0.5) is 0 Å². The molecule has 0 bridgehead atoms. The van der Waals surface area contributed by atoms with E-state index in [1.807, 2.05) is 40.0 Å². The number of amides is 1. The van der Waals surface area contributed by atoms with Crippen molar-refractivity contribution in [3.63, 3.8) is 0 Å². The van der Waals surface area contributed by atoms with Gasteiger partial charge in [0.25, 0.3) is 0 Å². The minimum Gasteiger partial charge on any atom is -0.468 e. The van der Waals surface area contributed by atoms with Gasteiger partial charge in [-0.3, -0.25) is 14.6 Å². The molecule has 1 N–H and O–H groups in total. The summed E-state index contributed by atoms with van der Waals surface area (Å²) in [6, 6.07) is 9.51. The molecule has 2 aliphatic rings. The lowest BCUT2D eigenvalue weighted by Crippen LogP contribution is -2.56. The van der Waals surface area contributed by atoms with Crippen LogP contribution in [0.2, 0.25) is 0 Å². The molecular formula is C27H28BrN7O3. The summed E-state index contributed by atoms with van der Waals surface area (Å²) in [6.07, 6.45) is 6.90. The third kappa shape index (κ3) is 4.76. The Morgan fingerprint density at radius 3 is 2.97 bits per heavy atom. The van der Waals surface area contributed by atoms with Gasteiger partial charge in [0.05, 0.1) is 23.7 Å². The van der Waals surface area contributed by atoms with Crippen molar-refractivity contribution in [1.82, 2.24) is 34.9 Å². The van der Waals surface area contributed by atoms with Crippen molar-refractivity contribution in [3.8, 4) is 5.69 Å². The van der Waals surface area contributed by atoms with Crippen molar-refractivity contribution in [3.05, 3.63) is 53.2 Å². The molecule has 11 heteroatoms. The van der Waals surface area contributed by atoms with Crippen LogP contribution in [0.15, 0.2) is 47.3 Å². The summed E-state index contributed by atoms with van der Waals surface area (Å²) in [5, 5.41) is 9.68. The molecule has 0 radical (unpaired) electrons. The van der Waals surface area contributed by atoms with Crippen LogP contribution in [0.1, 0.15) is 25.1 Å². The number of hydrogen-bond acceptors (Lipinski definition) is 8. The highest BCUT2D eigenvalue weighted by Gasteiger charge is 2.36. The molecule has 1 aliphatic carbocycles. The monoisotopic (exact) mass is 577 g/mol. The Morgan fingerprint density at radius 2 is 2.11 bits per heavy atom. The van der Waals surface area contributed by atoms with Crippen LogP contribution in [0.25, 0.3) is 27.6 Å². The summed E-state index contributed by atoms with van der Waals surface area (Å²) in [5.41, 5.74) is 2.57. The molecule has 196 valence electrons. The van der Waals surface area contributed by atoms with Gasteiger partial charge in [0.15, 0.2) is 5.65 Å². The van der Waals surface area contributed by atoms with Gasteiger partial charge in [-0.15, -0.1) is 0 Å². The van der Waals surface area contributed by atoms with Crippen LogP contribution in [0.3, 0.4) is 0 Å². The molecule has 10 nitrogen and oxygen atoms in total. The highest BCUT2D eigenvalue weighted by Crippen LogP contribution is 2.35. The van der Waals surface area contributed by atoms with Gasteiger partial charge >= 0.3 is 5.97 Å². The second kappa shape index (κ2) is 10.4. The van der Waals surface area contributed by atoms with Gasteiger partial charge < -0.3 is 15.0 Å². The maximum atomic E-state index is 13.2. The molecule has 3 aromatic heterocycles. The van der Waals surface area contributed by atoms with Crippen molar-refractivity contribution in [2.45, 2.75) is 31.7 Å². The molecule has 2 fully saturated rings. The lowest BCUT2D eigenvalue weighted by Gasteiger charge is -2.33. The SMILES string of the molecule is COC(=O)C1CN(C(=O)[C@@H]2CC[C@@H](Cc3ncc4c(Br)nn(-c5ccc6ncccc6c5)c4n3)C2)CCN1. The van der Waals surface area contributed by atoms with E-state index in [1.54, 1.807) is 6.20 Å². The Morgan fingerprint density at radius 1 is 1.21 bits per heavy atom. The third-order valence-electron chi connectivity index (χ3n) is 7.59. The van der Waals surface area contributed by atoms with Crippen molar-refractivity contribution in [2.75, 3.05) is 26.7 Å². The summed E-state index contributed by atoms with van der Waals surface area (Å²) >= 11 is 3.56. The van der Waals surface area contributed by atoms with E-state index in [0.29, 0.717) is 36.6 Å². The van der Waals surface area contributed by atoms with Crippen molar-refractivity contribution in [2.24, 2.45) is 11.8 Å². The number of benzene rings is 1. The minimum atomic E-state index is -0.460. The fourth-order valence-corrected chi connectivity index (χ4v) is 6.07. The number of methoxy groups -OCH3 is 1. The highest BCUT2D eigenvalue weighted by atomic mass is 79.9. The molecule has 38 heavy (non-hydrogen) atoms. The van der Waals surface area contributed by atoms with E-state index in [9.17, 15) is 9.59 Å². The first-order valence-electron chi connectivity index (χ1n) is 12.9. The maximum absolute atomic E-state index is 13.2. The fourth-order valence-electron chi connectivity index (χ4n) is 5.63. The number of carbonyl (C=O) groups is 2. The van der Waals surface area contributed by atoms with Crippen LogP contribution in [-0.2, 0) is 20.7 Å². The second-order valence-corrected chi connectivity index (χ2v) is 10.8. The summed E-state index contributed by atoms with van der Waals surface area (Å²) in [5.74, 6) is 0.843. The summed E-state index contributed by atoms with van der Waals surface area (Å²) < 4.78 is 7.38. The van der Waals surface area contributed by atoms with E-state index >= 15 is 0 Å². The Kier molecular flexibility index (Phi) is 6.79. The van der Waals surface area contributed by atoms with E-state index in [-0.39, 0.29) is 17.8 Å². The number of hydrogen-bond donors (Lipinski definition) is 1. The number of nitrogens with zero attached hydrogens (tertiary/aromatic N) is 6. The van der Waals surface area contributed by atoms with Crippen LogP contribution in [0.5, 0.6) is 0 Å². The molecule has 1 unspecified atom stereocenters. The largest absolute Gasteiger partial charge is 0.468 e. The molecule has 0 spiro atoms. The quantitative estimate of drug-likeness (QED) is 0.360. The number of rotatable bonds is 5. The Hall–Kier alpha value is -3.44. The van der Waals surface area contributed by atoms with Gasteiger partial charge in [-0.25, -0.2) is 14.6 Å². The van der Waals surface area contributed by atoms with E-state index in [0.717, 1.165) is 52.7 Å². The molecule has 1 saturated carbocycles. The zero-order chi connectivity index (χ0) is 26.2. The molecule has 4 heterocycles. The molecule has 1 saturated heterocycles. The number of aromatic nitrogens is 5. The summed E-state index contributed by atoms with van der Waals surface area (Å²) in [4.78, 5) is 40.9. The van der Waals surface area contributed by atoms with Crippen molar-refractivity contribution >= 4 is 49.7 Å². The zero-order valence-corrected chi connectivity index (χ0v) is 22.6. The minimum absolute atomic E-state index is 0.0361. The van der Waals surface area contributed by atoms with E-state index < -0.39 is 6.04 Å². The Labute approximate surface area is 227 Å². The number of carbonyl (C=O) groups excluding carboxylic acids is 2. The first-order valence-corrected chi connectivity index (χ1v) is 13.6. The van der Waals surface area contributed by atoms with Gasteiger partial charge in [-0.2, -0.15) is 5.10 Å². The smallest absolute Gasteiger partial charge is 0.324 e. The molecule has 6 rings (SSSR count). The van der Waals surface area contributed by atoms with Crippen LogP contribution < -0.4 is 5.32 Å². The third-order valence-corrected chi connectivity index (χ3v) is 8.18. The zero-order valence-electron chi connectivity index (χ0n) is 21.0. The highest BCUT2D eigenvalue weighted by molar-refractivity contribution is 9.10. The van der Waals surface area contributed by atoms with Crippen LogP contribution >= 0.6 is 15.9 Å².